The van der Waals surface area contributed by atoms with E-state index in [0.29, 0.717) is 61.1 Å². The van der Waals surface area contributed by atoms with Crippen molar-refractivity contribution in [3.8, 4) is 11.5 Å². The number of nitrogens with zero attached hydrogens (tertiary/aromatic N) is 3. The molecule has 38 heavy (non-hydrogen) atoms. The number of ether oxygens (including phenoxy) is 2. The number of methoxy groups -OCH3 is 2. The van der Waals surface area contributed by atoms with Crippen molar-refractivity contribution >= 4 is 44.2 Å². The molecule has 1 aliphatic heterocycles. The van der Waals surface area contributed by atoms with E-state index in [1.165, 1.54) is 11.3 Å². The molecule has 5 rings (SSSR count). The number of thiazole rings is 1. The van der Waals surface area contributed by atoms with Crippen molar-refractivity contribution in [3.63, 3.8) is 0 Å². The summed E-state index contributed by atoms with van der Waals surface area (Å²) in [6.07, 6.45) is 1.96. The van der Waals surface area contributed by atoms with Gasteiger partial charge in [-0.15, -0.1) is 0 Å². The minimum Gasteiger partial charge on any atom is -0.493 e. The van der Waals surface area contributed by atoms with Crippen molar-refractivity contribution in [2.45, 2.75) is 12.5 Å². The fourth-order valence-electron chi connectivity index (χ4n) is 4.39. The molecule has 0 radical (unpaired) electrons. The van der Waals surface area contributed by atoms with Crippen LogP contribution in [0.25, 0.3) is 10.2 Å². The molecule has 4 aromatic rings. The van der Waals surface area contributed by atoms with Crippen LogP contribution in [0.5, 0.6) is 11.5 Å². The van der Waals surface area contributed by atoms with E-state index in [0.717, 1.165) is 15.3 Å². The molecule has 10 nitrogen and oxygen atoms in total. The number of hydrogen-bond donors (Lipinski definition) is 2. The van der Waals surface area contributed by atoms with Crippen molar-refractivity contribution < 1.29 is 23.5 Å². The normalized spacial score (nSPS) is 14.4. The molecule has 1 saturated heterocycles. The highest BCUT2D eigenvalue weighted by molar-refractivity contribution is 7.22. The van der Waals surface area contributed by atoms with Crippen LogP contribution >= 0.6 is 11.3 Å². The van der Waals surface area contributed by atoms with Gasteiger partial charge in [0.15, 0.2) is 16.6 Å². The average molecular weight is 536 g/mol. The summed E-state index contributed by atoms with van der Waals surface area (Å²) in [5.41, 5.74) is 8.09. The maximum absolute atomic E-state index is 12.9. The molecule has 1 fully saturated rings. The highest BCUT2D eigenvalue weighted by atomic mass is 32.1. The van der Waals surface area contributed by atoms with E-state index in [2.05, 4.69) is 10.2 Å². The summed E-state index contributed by atoms with van der Waals surface area (Å²) in [6, 6.07) is 13.7. The lowest BCUT2D eigenvalue weighted by atomic mass is 10.1. The van der Waals surface area contributed by atoms with Gasteiger partial charge in [0.05, 0.1) is 36.7 Å². The third-order valence-corrected chi connectivity index (χ3v) is 7.54. The van der Waals surface area contributed by atoms with E-state index in [1.807, 2.05) is 18.2 Å². The van der Waals surface area contributed by atoms with Gasteiger partial charge in [-0.2, -0.15) is 0 Å². The number of fused-ring (bicyclic) bond motifs is 1. The minimum absolute atomic E-state index is 0.0736. The number of anilines is 2. The van der Waals surface area contributed by atoms with Crippen molar-refractivity contribution in [1.29, 1.82) is 0 Å². The van der Waals surface area contributed by atoms with Crippen LogP contribution in [-0.4, -0.2) is 68.1 Å². The fourth-order valence-corrected chi connectivity index (χ4v) is 5.45. The van der Waals surface area contributed by atoms with E-state index < -0.39 is 6.04 Å². The maximum Gasteiger partial charge on any atom is 0.255 e. The predicted octanol–water partition coefficient (Wildman–Crippen LogP) is 3.38. The number of nitrogens with two attached hydrogens (primary N) is 1. The molecule has 0 aliphatic carbocycles. The highest BCUT2D eigenvalue weighted by Crippen LogP contribution is 2.32. The zero-order valence-corrected chi connectivity index (χ0v) is 22.0. The van der Waals surface area contributed by atoms with E-state index in [-0.39, 0.29) is 11.8 Å². The largest absolute Gasteiger partial charge is 0.493 e. The van der Waals surface area contributed by atoms with Crippen LogP contribution in [0, 0.1) is 0 Å². The van der Waals surface area contributed by atoms with Gasteiger partial charge in [-0.25, -0.2) is 4.98 Å². The Balaban J connectivity index is 1.21. The van der Waals surface area contributed by atoms with Crippen LogP contribution in [0.15, 0.2) is 59.2 Å². The lowest BCUT2D eigenvalue weighted by Gasteiger charge is -2.35. The minimum atomic E-state index is -0.626. The quantitative estimate of drug-likeness (QED) is 0.352. The second-order valence-electron chi connectivity index (χ2n) is 8.91. The first-order valence-corrected chi connectivity index (χ1v) is 13.0. The molecular formula is C27H29N5O5S. The Labute approximate surface area is 223 Å². The first-order valence-electron chi connectivity index (χ1n) is 12.2. The number of rotatable bonds is 8. The summed E-state index contributed by atoms with van der Waals surface area (Å²) in [4.78, 5) is 34.4. The van der Waals surface area contributed by atoms with Gasteiger partial charge < -0.3 is 34.7 Å². The monoisotopic (exact) mass is 535 g/mol. The Bertz CT molecular complexity index is 1430. The van der Waals surface area contributed by atoms with Gasteiger partial charge in [-0.1, -0.05) is 11.3 Å². The first kappa shape index (κ1) is 25.6. The Morgan fingerprint density at radius 3 is 2.58 bits per heavy atom. The van der Waals surface area contributed by atoms with Crippen LogP contribution in [0.1, 0.15) is 16.1 Å². The number of nitrogens with one attached hydrogen (secondary N) is 1. The van der Waals surface area contributed by atoms with Crippen LogP contribution in [0.4, 0.5) is 10.8 Å². The number of carbonyl (C=O) groups is 2. The van der Waals surface area contributed by atoms with Crippen LogP contribution < -0.4 is 25.4 Å². The number of piperazine rings is 1. The first-order chi connectivity index (χ1) is 18.4. The molecule has 3 N–H and O–H groups in total. The number of benzene rings is 2. The molecule has 1 atom stereocenters. The van der Waals surface area contributed by atoms with E-state index in [1.54, 1.807) is 55.7 Å². The summed E-state index contributed by atoms with van der Waals surface area (Å²) in [7, 11) is 3.11. The fraction of sp³-hybridized carbons (Fsp3) is 0.296. The molecule has 0 spiro atoms. The summed E-state index contributed by atoms with van der Waals surface area (Å²) in [6.45, 7) is 2.45. The molecule has 11 heteroatoms. The number of hydrogen-bond acceptors (Lipinski definition) is 9. The SMILES string of the molecule is COc1ccc(NC(=O)c2ccc3nc(N4CCN(C(=O)[C@@H](N)Cc5ccco5)CC4)sc3c2)cc1OC. The summed E-state index contributed by atoms with van der Waals surface area (Å²) in [5, 5.41) is 3.77. The summed E-state index contributed by atoms with van der Waals surface area (Å²) < 4.78 is 16.8. The topological polar surface area (TPSA) is 123 Å². The number of carbonyl (C=O) groups excluding carboxylic acids is 2. The second-order valence-corrected chi connectivity index (χ2v) is 9.91. The van der Waals surface area contributed by atoms with E-state index in [9.17, 15) is 9.59 Å². The van der Waals surface area contributed by atoms with Crippen molar-refractivity contribution in [1.82, 2.24) is 9.88 Å². The van der Waals surface area contributed by atoms with Gasteiger partial charge in [0.2, 0.25) is 5.91 Å². The van der Waals surface area contributed by atoms with Crippen LogP contribution in [0.2, 0.25) is 0 Å². The zero-order chi connectivity index (χ0) is 26.6. The second kappa shape index (κ2) is 11.1. The third kappa shape index (κ3) is 5.43. The molecule has 198 valence electrons. The molecule has 0 saturated carbocycles. The molecule has 2 amide bonds. The molecule has 0 unspecified atom stereocenters. The van der Waals surface area contributed by atoms with Crippen LogP contribution in [0.3, 0.4) is 0 Å². The van der Waals surface area contributed by atoms with Gasteiger partial charge in [-0.3, -0.25) is 9.59 Å². The van der Waals surface area contributed by atoms with Crippen molar-refractivity contribution in [3.05, 3.63) is 66.1 Å². The smallest absolute Gasteiger partial charge is 0.255 e. The van der Waals surface area contributed by atoms with Crippen LogP contribution in [-0.2, 0) is 11.2 Å². The highest BCUT2D eigenvalue weighted by Gasteiger charge is 2.27. The van der Waals surface area contributed by atoms with Crippen molar-refractivity contribution in [2.75, 3.05) is 50.6 Å². The number of furan rings is 1. The molecule has 0 bridgehead atoms. The number of amides is 2. The van der Waals surface area contributed by atoms with E-state index in [4.69, 9.17) is 24.6 Å². The molecule has 1 aliphatic rings. The molecule has 2 aromatic carbocycles. The molecule has 2 aromatic heterocycles. The Morgan fingerprint density at radius 2 is 1.87 bits per heavy atom. The summed E-state index contributed by atoms with van der Waals surface area (Å²) in [5.74, 6) is 1.53. The Hall–Kier alpha value is -4.09. The van der Waals surface area contributed by atoms with Gasteiger partial charge in [0.25, 0.3) is 5.91 Å². The van der Waals surface area contributed by atoms with Gasteiger partial charge in [0, 0.05) is 49.9 Å². The zero-order valence-electron chi connectivity index (χ0n) is 21.2. The van der Waals surface area contributed by atoms with Crippen molar-refractivity contribution in [2.24, 2.45) is 5.73 Å². The lowest BCUT2D eigenvalue weighted by molar-refractivity contribution is -0.132. The van der Waals surface area contributed by atoms with Gasteiger partial charge in [-0.05, 0) is 42.5 Å². The third-order valence-electron chi connectivity index (χ3n) is 6.46. The van der Waals surface area contributed by atoms with Gasteiger partial charge >= 0.3 is 0 Å². The number of aromatic nitrogens is 1. The van der Waals surface area contributed by atoms with Gasteiger partial charge in [0.1, 0.15) is 5.76 Å². The maximum atomic E-state index is 12.9. The van der Waals surface area contributed by atoms with E-state index >= 15 is 0 Å². The molecule has 3 heterocycles. The predicted molar refractivity (Wildman–Crippen MR) is 146 cm³/mol. The average Bonchev–Trinajstić information content (AvgIpc) is 3.62. The standard InChI is InChI=1S/C27H29N5O5S/c1-35-22-8-6-18(15-23(22)36-2)29-25(33)17-5-7-21-24(14-17)38-27(30-21)32-11-9-31(10-12-32)26(34)20(28)16-19-4-3-13-37-19/h3-8,13-15,20H,9-12,16,28H2,1-2H3,(H,29,33)/t20-/m0/s1. The lowest BCUT2D eigenvalue weighted by Crippen LogP contribution is -2.53. The Kier molecular flexibility index (Phi) is 7.47. The molecular weight excluding hydrogens is 506 g/mol. The summed E-state index contributed by atoms with van der Waals surface area (Å²) >= 11 is 1.53. The Morgan fingerprint density at radius 1 is 1.08 bits per heavy atom.